The number of nitrogens with one attached hydrogen (secondary N) is 1. The van der Waals surface area contributed by atoms with Crippen molar-refractivity contribution in [3.63, 3.8) is 0 Å². The summed E-state index contributed by atoms with van der Waals surface area (Å²) in [4.78, 5) is 12.6. The Morgan fingerprint density at radius 2 is 1.58 bits per heavy atom. The van der Waals surface area contributed by atoms with Crippen molar-refractivity contribution in [3.05, 3.63) is 48.0 Å². The summed E-state index contributed by atoms with van der Waals surface area (Å²) < 4.78 is 42.6. The summed E-state index contributed by atoms with van der Waals surface area (Å²) in [6.07, 6.45) is 4.72. The third-order valence-corrected chi connectivity index (χ3v) is 6.89. The SMILES string of the molecule is COc1ccc(C=CC(=O)Nc2ccc(S(=O)(=O)N3CCCC3)cc2)c(OC)c1OC. The molecule has 1 heterocycles. The van der Waals surface area contributed by atoms with E-state index in [0.29, 0.717) is 41.6 Å². The van der Waals surface area contributed by atoms with Crippen LogP contribution in [0.3, 0.4) is 0 Å². The molecule has 0 radical (unpaired) electrons. The number of anilines is 1. The number of carbonyl (C=O) groups excluding carboxylic acids is 1. The lowest BCUT2D eigenvalue weighted by atomic mass is 10.1. The van der Waals surface area contributed by atoms with Crippen molar-refractivity contribution in [3.8, 4) is 17.2 Å². The standard InChI is InChI=1S/C22H26N2O6S/c1-28-19-12-6-16(21(29-2)22(19)30-3)7-13-20(25)23-17-8-10-18(11-9-17)31(26,27)24-14-4-5-15-24/h6-13H,4-5,14-15H2,1-3H3,(H,23,25). The Balaban J connectivity index is 1.70. The van der Waals surface area contributed by atoms with Crippen LogP contribution in [0.2, 0.25) is 0 Å². The Labute approximate surface area is 182 Å². The number of benzene rings is 2. The van der Waals surface area contributed by atoms with Gasteiger partial charge >= 0.3 is 0 Å². The van der Waals surface area contributed by atoms with Crippen LogP contribution in [0, 0.1) is 0 Å². The van der Waals surface area contributed by atoms with Crippen LogP contribution in [-0.2, 0) is 14.8 Å². The number of hydrogen-bond donors (Lipinski definition) is 1. The zero-order valence-electron chi connectivity index (χ0n) is 17.8. The molecule has 1 aliphatic rings. The molecule has 1 saturated heterocycles. The second kappa shape index (κ2) is 9.84. The topological polar surface area (TPSA) is 94.2 Å². The summed E-state index contributed by atoms with van der Waals surface area (Å²) in [6, 6.07) is 9.63. The summed E-state index contributed by atoms with van der Waals surface area (Å²) in [5.74, 6) is 1.03. The smallest absolute Gasteiger partial charge is 0.248 e. The van der Waals surface area contributed by atoms with Gasteiger partial charge in [0, 0.05) is 30.4 Å². The maximum absolute atomic E-state index is 12.6. The molecule has 0 aromatic heterocycles. The van der Waals surface area contributed by atoms with Crippen molar-refractivity contribution in [2.75, 3.05) is 39.7 Å². The first-order valence-electron chi connectivity index (χ1n) is 9.79. The van der Waals surface area contributed by atoms with E-state index in [0.717, 1.165) is 12.8 Å². The normalized spacial score (nSPS) is 14.5. The van der Waals surface area contributed by atoms with Gasteiger partial charge < -0.3 is 19.5 Å². The van der Waals surface area contributed by atoms with Crippen molar-refractivity contribution in [1.82, 2.24) is 4.31 Å². The molecule has 2 aromatic rings. The molecule has 0 unspecified atom stereocenters. The summed E-state index contributed by atoms with van der Waals surface area (Å²) in [6.45, 7) is 1.09. The van der Waals surface area contributed by atoms with E-state index in [4.69, 9.17) is 14.2 Å². The Morgan fingerprint density at radius 1 is 0.935 bits per heavy atom. The predicted octanol–water partition coefficient (Wildman–Crippen LogP) is 3.15. The molecule has 1 fully saturated rings. The highest BCUT2D eigenvalue weighted by atomic mass is 32.2. The minimum Gasteiger partial charge on any atom is -0.493 e. The third-order valence-electron chi connectivity index (χ3n) is 4.97. The highest BCUT2D eigenvalue weighted by molar-refractivity contribution is 7.89. The van der Waals surface area contributed by atoms with E-state index in [2.05, 4.69) is 5.32 Å². The molecule has 8 nitrogen and oxygen atoms in total. The van der Waals surface area contributed by atoms with Crippen molar-refractivity contribution in [2.45, 2.75) is 17.7 Å². The maximum Gasteiger partial charge on any atom is 0.248 e. The lowest BCUT2D eigenvalue weighted by molar-refractivity contribution is -0.111. The summed E-state index contributed by atoms with van der Waals surface area (Å²) >= 11 is 0. The van der Waals surface area contributed by atoms with Gasteiger partial charge in [-0.05, 0) is 55.3 Å². The Morgan fingerprint density at radius 3 is 2.16 bits per heavy atom. The van der Waals surface area contributed by atoms with Gasteiger partial charge in [0.25, 0.3) is 0 Å². The van der Waals surface area contributed by atoms with Gasteiger partial charge in [-0.25, -0.2) is 8.42 Å². The number of amides is 1. The minimum atomic E-state index is -3.48. The van der Waals surface area contributed by atoms with Crippen molar-refractivity contribution in [2.24, 2.45) is 0 Å². The van der Waals surface area contributed by atoms with Gasteiger partial charge in [-0.15, -0.1) is 0 Å². The van der Waals surface area contributed by atoms with Crippen LogP contribution in [0.15, 0.2) is 47.4 Å². The molecule has 9 heteroatoms. The van der Waals surface area contributed by atoms with Crippen LogP contribution in [0.1, 0.15) is 18.4 Å². The second-order valence-corrected chi connectivity index (χ2v) is 8.82. The fourth-order valence-corrected chi connectivity index (χ4v) is 4.91. The summed E-state index contributed by atoms with van der Waals surface area (Å²) in [5, 5.41) is 2.72. The molecule has 0 saturated carbocycles. The number of sulfonamides is 1. The first-order chi connectivity index (χ1) is 14.9. The lowest BCUT2D eigenvalue weighted by Crippen LogP contribution is -2.27. The molecule has 0 bridgehead atoms. The Kier molecular flexibility index (Phi) is 7.19. The van der Waals surface area contributed by atoms with Gasteiger partial charge in [0.15, 0.2) is 11.5 Å². The molecule has 1 amide bonds. The summed E-state index contributed by atoms with van der Waals surface area (Å²) in [7, 11) is 1.06. The fourth-order valence-electron chi connectivity index (χ4n) is 3.39. The third kappa shape index (κ3) is 5.00. The average molecular weight is 447 g/mol. The van der Waals surface area contributed by atoms with E-state index in [9.17, 15) is 13.2 Å². The Hall–Kier alpha value is -3.04. The van der Waals surface area contributed by atoms with Crippen molar-refractivity contribution >= 4 is 27.7 Å². The molecule has 0 atom stereocenters. The monoisotopic (exact) mass is 446 g/mol. The first kappa shape index (κ1) is 22.6. The Bertz CT molecular complexity index is 1060. The number of rotatable bonds is 8. The van der Waals surface area contributed by atoms with E-state index in [1.807, 2.05) is 0 Å². The van der Waals surface area contributed by atoms with Gasteiger partial charge in [-0.1, -0.05) is 0 Å². The lowest BCUT2D eigenvalue weighted by Gasteiger charge is -2.15. The highest BCUT2D eigenvalue weighted by Gasteiger charge is 2.26. The van der Waals surface area contributed by atoms with Crippen LogP contribution in [-0.4, -0.2) is 53.0 Å². The highest BCUT2D eigenvalue weighted by Crippen LogP contribution is 2.40. The number of nitrogens with zero attached hydrogens (tertiary/aromatic N) is 1. The fraction of sp³-hybridized carbons (Fsp3) is 0.318. The van der Waals surface area contributed by atoms with Crippen molar-refractivity contribution in [1.29, 1.82) is 0 Å². The molecular weight excluding hydrogens is 420 g/mol. The van der Waals surface area contributed by atoms with E-state index < -0.39 is 10.0 Å². The number of carbonyl (C=O) groups is 1. The van der Waals surface area contributed by atoms with Crippen molar-refractivity contribution < 1.29 is 27.4 Å². The van der Waals surface area contributed by atoms with E-state index in [1.165, 1.54) is 43.8 Å². The van der Waals surface area contributed by atoms with E-state index in [-0.39, 0.29) is 10.8 Å². The molecule has 0 spiro atoms. The van der Waals surface area contributed by atoms with Crippen LogP contribution in [0.4, 0.5) is 5.69 Å². The molecule has 1 N–H and O–H groups in total. The van der Waals surface area contributed by atoms with Gasteiger partial charge in [-0.3, -0.25) is 4.79 Å². The van der Waals surface area contributed by atoms with E-state index >= 15 is 0 Å². The largest absolute Gasteiger partial charge is 0.493 e. The molecular formula is C22H26N2O6S. The van der Waals surface area contributed by atoms with E-state index in [1.54, 1.807) is 30.3 Å². The van der Waals surface area contributed by atoms with Crippen LogP contribution < -0.4 is 19.5 Å². The van der Waals surface area contributed by atoms with Crippen LogP contribution in [0.5, 0.6) is 17.2 Å². The van der Waals surface area contributed by atoms with Gasteiger partial charge in [0.1, 0.15) is 0 Å². The number of ether oxygens (including phenoxy) is 3. The van der Waals surface area contributed by atoms with Gasteiger partial charge in [0.05, 0.1) is 26.2 Å². The predicted molar refractivity (Wildman–Crippen MR) is 118 cm³/mol. The molecule has 31 heavy (non-hydrogen) atoms. The number of hydrogen-bond acceptors (Lipinski definition) is 6. The maximum atomic E-state index is 12.6. The minimum absolute atomic E-state index is 0.220. The van der Waals surface area contributed by atoms with Crippen LogP contribution >= 0.6 is 0 Å². The zero-order chi connectivity index (χ0) is 22.4. The zero-order valence-corrected chi connectivity index (χ0v) is 18.6. The summed E-state index contributed by atoms with van der Waals surface area (Å²) in [5.41, 5.74) is 1.14. The first-order valence-corrected chi connectivity index (χ1v) is 11.2. The quantitative estimate of drug-likeness (QED) is 0.626. The second-order valence-electron chi connectivity index (χ2n) is 6.88. The van der Waals surface area contributed by atoms with Gasteiger partial charge in [0.2, 0.25) is 21.7 Å². The average Bonchev–Trinajstić information content (AvgIpc) is 3.33. The molecule has 2 aromatic carbocycles. The number of methoxy groups -OCH3 is 3. The van der Waals surface area contributed by atoms with Crippen LogP contribution in [0.25, 0.3) is 6.08 Å². The molecule has 0 aliphatic carbocycles. The molecule has 3 rings (SSSR count). The molecule has 1 aliphatic heterocycles. The molecule has 166 valence electrons. The van der Waals surface area contributed by atoms with Gasteiger partial charge in [-0.2, -0.15) is 4.31 Å².